The highest BCUT2D eigenvalue weighted by Crippen LogP contribution is 2.47. The molecule has 2 rings (SSSR count). The highest BCUT2D eigenvalue weighted by molar-refractivity contribution is 4.98. The van der Waals surface area contributed by atoms with Gasteiger partial charge in [-0.05, 0) is 25.7 Å². The number of hydrogen-bond donors (Lipinski definition) is 1. The van der Waals surface area contributed by atoms with E-state index in [4.69, 9.17) is 9.84 Å². The van der Waals surface area contributed by atoms with Gasteiger partial charge in [0.2, 0.25) is 0 Å². The van der Waals surface area contributed by atoms with E-state index in [1.54, 1.807) is 0 Å². The van der Waals surface area contributed by atoms with Crippen molar-refractivity contribution >= 4 is 0 Å². The average molecular weight is 142 g/mol. The largest absolute Gasteiger partial charge is 0.396 e. The van der Waals surface area contributed by atoms with Gasteiger partial charge in [-0.25, -0.2) is 0 Å². The quantitative estimate of drug-likeness (QED) is 0.590. The summed E-state index contributed by atoms with van der Waals surface area (Å²) in [5.41, 5.74) is 0.297. The molecule has 0 aromatic rings. The monoisotopic (exact) mass is 142 g/mol. The van der Waals surface area contributed by atoms with Crippen LogP contribution in [0.25, 0.3) is 0 Å². The van der Waals surface area contributed by atoms with E-state index in [2.05, 4.69) is 0 Å². The third-order valence-electron chi connectivity index (χ3n) is 2.70. The number of aliphatic hydroxyl groups is 1. The maximum absolute atomic E-state index is 8.80. The molecule has 1 aliphatic carbocycles. The van der Waals surface area contributed by atoms with E-state index in [0.717, 1.165) is 13.0 Å². The Hall–Kier alpha value is -0.0800. The molecule has 0 radical (unpaired) electrons. The number of hydrogen-bond acceptors (Lipinski definition) is 2. The van der Waals surface area contributed by atoms with Gasteiger partial charge in [0.05, 0.1) is 12.2 Å². The first-order chi connectivity index (χ1) is 4.85. The van der Waals surface area contributed by atoms with Crippen molar-refractivity contribution in [3.63, 3.8) is 0 Å². The molecule has 1 heterocycles. The van der Waals surface area contributed by atoms with Crippen LogP contribution in [0.3, 0.4) is 0 Å². The van der Waals surface area contributed by atoms with Crippen molar-refractivity contribution in [1.29, 1.82) is 0 Å². The maximum Gasteiger partial charge on any atom is 0.0685 e. The molecule has 2 nitrogen and oxygen atoms in total. The number of aliphatic hydroxyl groups excluding tert-OH is 1. The predicted molar refractivity (Wildman–Crippen MR) is 37.7 cm³/mol. The minimum Gasteiger partial charge on any atom is -0.396 e. The lowest BCUT2D eigenvalue weighted by Crippen LogP contribution is -2.28. The van der Waals surface area contributed by atoms with E-state index in [-0.39, 0.29) is 0 Å². The minimum absolute atomic E-state index is 0.297. The lowest BCUT2D eigenvalue weighted by atomic mass is 9.98. The fraction of sp³-hybridized carbons (Fsp3) is 1.00. The Balaban J connectivity index is 1.84. The molecule has 10 heavy (non-hydrogen) atoms. The summed E-state index contributed by atoms with van der Waals surface area (Å²) in [6.07, 6.45) is 4.85. The van der Waals surface area contributed by atoms with Gasteiger partial charge in [0.15, 0.2) is 0 Å². The molecule has 1 aliphatic heterocycles. The SMILES string of the molecule is OCC1CCC2(CC2)OC1. The summed E-state index contributed by atoms with van der Waals surface area (Å²) in [4.78, 5) is 0. The zero-order valence-corrected chi connectivity index (χ0v) is 6.18. The summed E-state index contributed by atoms with van der Waals surface area (Å²) in [5.74, 6) is 0.422. The number of ether oxygens (including phenoxy) is 1. The second-order valence-electron chi connectivity index (χ2n) is 3.58. The molecule has 0 aromatic carbocycles. The summed E-state index contributed by atoms with van der Waals surface area (Å²) < 4.78 is 5.62. The summed E-state index contributed by atoms with van der Waals surface area (Å²) in [6, 6.07) is 0. The van der Waals surface area contributed by atoms with Gasteiger partial charge in [-0.3, -0.25) is 0 Å². The highest BCUT2D eigenvalue weighted by Gasteiger charge is 2.46. The van der Waals surface area contributed by atoms with Crippen LogP contribution in [0.5, 0.6) is 0 Å². The molecule has 1 N–H and O–H groups in total. The Morgan fingerprint density at radius 3 is 2.60 bits per heavy atom. The third-order valence-corrected chi connectivity index (χ3v) is 2.70. The van der Waals surface area contributed by atoms with Gasteiger partial charge in [0.25, 0.3) is 0 Å². The summed E-state index contributed by atoms with van der Waals surface area (Å²) in [5, 5.41) is 8.80. The Bertz CT molecular complexity index is 119. The van der Waals surface area contributed by atoms with Crippen LogP contribution in [0.4, 0.5) is 0 Å². The van der Waals surface area contributed by atoms with E-state index in [1.165, 1.54) is 19.3 Å². The van der Waals surface area contributed by atoms with Crippen molar-refractivity contribution in [2.24, 2.45) is 5.92 Å². The van der Waals surface area contributed by atoms with Gasteiger partial charge in [0, 0.05) is 12.5 Å². The fourth-order valence-corrected chi connectivity index (χ4v) is 1.60. The standard InChI is InChI=1S/C8H14O2/c9-5-7-1-2-8(3-4-8)10-6-7/h7,9H,1-6H2. The third kappa shape index (κ3) is 1.06. The lowest BCUT2D eigenvalue weighted by molar-refractivity contribution is -0.0464. The van der Waals surface area contributed by atoms with Gasteiger partial charge in [-0.2, -0.15) is 0 Å². The van der Waals surface area contributed by atoms with Crippen LogP contribution in [0.1, 0.15) is 25.7 Å². The van der Waals surface area contributed by atoms with Gasteiger partial charge >= 0.3 is 0 Å². The van der Waals surface area contributed by atoms with E-state index in [0.29, 0.717) is 18.1 Å². The van der Waals surface area contributed by atoms with Crippen LogP contribution < -0.4 is 0 Å². The Morgan fingerprint density at radius 1 is 1.40 bits per heavy atom. The molecule has 58 valence electrons. The van der Waals surface area contributed by atoms with Crippen LogP contribution >= 0.6 is 0 Å². The summed E-state index contributed by atoms with van der Waals surface area (Å²) in [6.45, 7) is 1.09. The minimum atomic E-state index is 0.297. The van der Waals surface area contributed by atoms with Gasteiger partial charge in [-0.1, -0.05) is 0 Å². The molecule has 1 spiro atoms. The van der Waals surface area contributed by atoms with E-state index >= 15 is 0 Å². The van der Waals surface area contributed by atoms with Crippen molar-refractivity contribution in [2.75, 3.05) is 13.2 Å². The van der Waals surface area contributed by atoms with E-state index in [9.17, 15) is 0 Å². The van der Waals surface area contributed by atoms with Gasteiger partial charge < -0.3 is 9.84 Å². The molecule has 1 atom stereocenters. The van der Waals surface area contributed by atoms with Crippen LogP contribution in [0, 0.1) is 5.92 Å². The summed E-state index contributed by atoms with van der Waals surface area (Å²) >= 11 is 0. The van der Waals surface area contributed by atoms with Crippen molar-refractivity contribution in [3.8, 4) is 0 Å². The first kappa shape index (κ1) is 6.62. The second kappa shape index (κ2) is 2.21. The zero-order chi connectivity index (χ0) is 7.03. The van der Waals surface area contributed by atoms with Crippen molar-refractivity contribution in [2.45, 2.75) is 31.3 Å². The molecule has 2 aliphatic rings. The molecule has 0 bridgehead atoms. The average Bonchev–Trinajstić information content (AvgIpc) is 2.72. The zero-order valence-electron chi connectivity index (χ0n) is 6.18. The van der Waals surface area contributed by atoms with Crippen molar-refractivity contribution in [3.05, 3.63) is 0 Å². The molecule has 1 saturated carbocycles. The van der Waals surface area contributed by atoms with Crippen LogP contribution in [0.2, 0.25) is 0 Å². The lowest BCUT2D eigenvalue weighted by Gasteiger charge is -2.27. The van der Waals surface area contributed by atoms with E-state index in [1.807, 2.05) is 0 Å². The fourth-order valence-electron chi connectivity index (χ4n) is 1.60. The molecule has 2 fully saturated rings. The Morgan fingerprint density at radius 2 is 2.20 bits per heavy atom. The normalized spacial score (nSPS) is 36.3. The molecule has 0 amide bonds. The van der Waals surface area contributed by atoms with E-state index < -0.39 is 0 Å². The topological polar surface area (TPSA) is 29.5 Å². The van der Waals surface area contributed by atoms with Crippen molar-refractivity contribution in [1.82, 2.24) is 0 Å². The second-order valence-corrected chi connectivity index (χ2v) is 3.58. The molecule has 1 unspecified atom stereocenters. The maximum atomic E-state index is 8.80. The molecular formula is C8H14O2. The molecule has 2 heteroatoms. The Kier molecular flexibility index (Phi) is 1.46. The molecule has 0 aromatic heterocycles. The van der Waals surface area contributed by atoms with Crippen LogP contribution in [-0.2, 0) is 4.74 Å². The van der Waals surface area contributed by atoms with Gasteiger partial charge in [0.1, 0.15) is 0 Å². The van der Waals surface area contributed by atoms with Crippen LogP contribution in [-0.4, -0.2) is 23.9 Å². The smallest absolute Gasteiger partial charge is 0.0685 e. The molecule has 1 saturated heterocycles. The molecular weight excluding hydrogens is 128 g/mol. The first-order valence-corrected chi connectivity index (χ1v) is 4.09. The first-order valence-electron chi connectivity index (χ1n) is 4.09. The van der Waals surface area contributed by atoms with Gasteiger partial charge in [-0.15, -0.1) is 0 Å². The Labute approximate surface area is 61.2 Å². The highest BCUT2D eigenvalue weighted by atomic mass is 16.5. The number of rotatable bonds is 1. The van der Waals surface area contributed by atoms with Crippen molar-refractivity contribution < 1.29 is 9.84 Å². The summed E-state index contributed by atoms with van der Waals surface area (Å²) in [7, 11) is 0. The van der Waals surface area contributed by atoms with Crippen LogP contribution in [0.15, 0.2) is 0 Å². The predicted octanol–water partition coefficient (Wildman–Crippen LogP) is 0.938.